The van der Waals surface area contributed by atoms with Gasteiger partial charge in [0.15, 0.2) is 11.6 Å². The van der Waals surface area contributed by atoms with Gasteiger partial charge in [0.1, 0.15) is 0 Å². The number of nitrogens with zero attached hydrogens (tertiary/aromatic N) is 4. The SMILES string of the molecule is CCCC#CN1C=CN(C)C1=C1N=CC=N1. The van der Waals surface area contributed by atoms with Crippen molar-refractivity contribution in [2.24, 2.45) is 9.98 Å². The van der Waals surface area contributed by atoms with Gasteiger partial charge in [0.05, 0.1) is 0 Å². The Morgan fingerprint density at radius 1 is 1.25 bits per heavy atom. The molecule has 2 heterocycles. The zero-order valence-corrected chi connectivity index (χ0v) is 9.51. The second-order valence-electron chi connectivity index (χ2n) is 3.52. The Bertz CT molecular complexity index is 431. The van der Waals surface area contributed by atoms with Crippen LogP contribution in [0.2, 0.25) is 0 Å². The minimum atomic E-state index is 0.707. The van der Waals surface area contributed by atoms with Gasteiger partial charge in [0.2, 0.25) is 0 Å². The van der Waals surface area contributed by atoms with E-state index in [1.165, 1.54) is 0 Å². The normalized spacial score (nSPS) is 17.4. The highest BCUT2D eigenvalue weighted by Crippen LogP contribution is 2.22. The molecular weight excluding hydrogens is 200 g/mol. The third-order valence-electron chi connectivity index (χ3n) is 2.24. The van der Waals surface area contributed by atoms with Crippen LogP contribution in [0.5, 0.6) is 0 Å². The van der Waals surface area contributed by atoms with Crippen LogP contribution in [0, 0.1) is 12.0 Å². The lowest BCUT2D eigenvalue weighted by Crippen LogP contribution is -2.17. The van der Waals surface area contributed by atoms with Crippen LogP contribution in [-0.2, 0) is 0 Å². The van der Waals surface area contributed by atoms with Gasteiger partial charge in [-0.05, 0) is 6.42 Å². The molecule has 0 aromatic heterocycles. The molecule has 0 fully saturated rings. The van der Waals surface area contributed by atoms with Gasteiger partial charge in [-0.3, -0.25) is 4.90 Å². The van der Waals surface area contributed by atoms with Crippen LogP contribution in [-0.4, -0.2) is 29.3 Å². The monoisotopic (exact) mass is 214 g/mol. The number of hydrogen-bond donors (Lipinski definition) is 0. The van der Waals surface area contributed by atoms with Crippen LogP contribution < -0.4 is 0 Å². The van der Waals surface area contributed by atoms with Crippen molar-refractivity contribution < 1.29 is 0 Å². The van der Waals surface area contributed by atoms with E-state index in [1.807, 2.05) is 29.2 Å². The summed E-state index contributed by atoms with van der Waals surface area (Å²) in [6.45, 7) is 2.12. The van der Waals surface area contributed by atoms with E-state index in [-0.39, 0.29) is 0 Å². The number of hydrogen-bond acceptors (Lipinski definition) is 4. The van der Waals surface area contributed by atoms with E-state index in [2.05, 4.69) is 28.9 Å². The molecule has 0 aromatic carbocycles. The fourth-order valence-corrected chi connectivity index (χ4v) is 1.46. The molecule has 0 unspecified atom stereocenters. The highest BCUT2D eigenvalue weighted by molar-refractivity contribution is 6.18. The lowest BCUT2D eigenvalue weighted by molar-refractivity contribution is 0.475. The smallest absolute Gasteiger partial charge is 0.195 e. The zero-order chi connectivity index (χ0) is 11.4. The van der Waals surface area contributed by atoms with Gasteiger partial charge in [-0.15, -0.1) is 0 Å². The second kappa shape index (κ2) is 4.67. The van der Waals surface area contributed by atoms with E-state index >= 15 is 0 Å². The van der Waals surface area contributed by atoms with E-state index in [9.17, 15) is 0 Å². The van der Waals surface area contributed by atoms with E-state index < -0.39 is 0 Å². The van der Waals surface area contributed by atoms with Crippen molar-refractivity contribution in [2.45, 2.75) is 19.8 Å². The molecular formula is C12H14N4. The molecule has 2 rings (SSSR count). The average molecular weight is 214 g/mol. The first-order valence-electron chi connectivity index (χ1n) is 5.33. The Morgan fingerprint density at radius 3 is 2.69 bits per heavy atom. The van der Waals surface area contributed by atoms with Crippen molar-refractivity contribution in [1.82, 2.24) is 9.80 Å². The van der Waals surface area contributed by atoms with Crippen LogP contribution >= 0.6 is 0 Å². The summed E-state index contributed by atoms with van der Waals surface area (Å²) < 4.78 is 0. The highest BCUT2D eigenvalue weighted by Gasteiger charge is 2.20. The molecule has 0 aliphatic carbocycles. The standard InChI is InChI=1S/C12H14N4/c1-3-4-5-8-16-10-9-15(2)12(16)11-13-6-7-14-11/h6-7,9-10H,3-4H2,1-2H3. The van der Waals surface area contributed by atoms with E-state index in [0.29, 0.717) is 5.82 Å². The maximum atomic E-state index is 4.19. The molecule has 0 radical (unpaired) electrons. The topological polar surface area (TPSA) is 31.2 Å². The molecule has 2 aliphatic rings. The minimum absolute atomic E-state index is 0.707. The summed E-state index contributed by atoms with van der Waals surface area (Å²) in [4.78, 5) is 12.2. The van der Waals surface area contributed by atoms with Gasteiger partial charge in [0, 0.05) is 44.3 Å². The van der Waals surface area contributed by atoms with E-state index in [0.717, 1.165) is 18.7 Å². The molecule has 82 valence electrons. The van der Waals surface area contributed by atoms with Crippen molar-refractivity contribution in [3.8, 4) is 12.0 Å². The van der Waals surface area contributed by atoms with Gasteiger partial charge < -0.3 is 4.90 Å². The minimum Gasteiger partial charge on any atom is -0.332 e. The summed E-state index contributed by atoms with van der Waals surface area (Å²) >= 11 is 0. The Kier molecular flexibility index (Phi) is 3.06. The molecule has 2 aliphatic heterocycles. The predicted molar refractivity (Wildman–Crippen MR) is 65.4 cm³/mol. The Morgan fingerprint density at radius 2 is 2.00 bits per heavy atom. The molecule has 0 atom stereocenters. The summed E-state index contributed by atoms with van der Waals surface area (Å²) in [7, 11) is 1.96. The number of aliphatic imine (C=N–C) groups is 2. The fourth-order valence-electron chi connectivity index (χ4n) is 1.46. The van der Waals surface area contributed by atoms with Crippen molar-refractivity contribution >= 4 is 12.4 Å². The van der Waals surface area contributed by atoms with Crippen molar-refractivity contribution in [3.05, 3.63) is 24.0 Å². The van der Waals surface area contributed by atoms with Crippen LogP contribution in [0.4, 0.5) is 0 Å². The lowest BCUT2D eigenvalue weighted by Gasteiger charge is -2.16. The van der Waals surface area contributed by atoms with Crippen LogP contribution in [0.15, 0.2) is 34.0 Å². The second-order valence-corrected chi connectivity index (χ2v) is 3.52. The van der Waals surface area contributed by atoms with Crippen molar-refractivity contribution in [1.29, 1.82) is 0 Å². The summed E-state index contributed by atoms with van der Waals surface area (Å²) in [6.07, 6.45) is 9.23. The van der Waals surface area contributed by atoms with Gasteiger partial charge in [-0.2, -0.15) is 0 Å². The van der Waals surface area contributed by atoms with E-state index in [1.54, 1.807) is 12.4 Å². The molecule has 0 saturated heterocycles. The molecule has 0 spiro atoms. The Hall–Kier alpha value is -2.02. The summed E-state index contributed by atoms with van der Waals surface area (Å²) in [5.41, 5.74) is 0. The first-order valence-corrected chi connectivity index (χ1v) is 5.33. The number of rotatable bonds is 1. The van der Waals surface area contributed by atoms with Crippen LogP contribution in [0.25, 0.3) is 0 Å². The van der Waals surface area contributed by atoms with Crippen molar-refractivity contribution in [3.63, 3.8) is 0 Å². The van der Waals surface area contributed by atoms with Gasteiger partial charge >= 0.3 is 0 Å². The molecule has 0 aromatic rings. The molecule has 0 N–H and O–H groups in total. The third kappa shape index (κ3) is 1.98. The third-order valence-corrected chi connectivity index (χ3v) is 2.24. The van der Waals surface area contributed by atoms with Crippen LogP contribution in [0.1, 0.15) is 19.8 Å². The van der Waals surface area contributed by atoms with Crippen LogP contribution in [0.3, 0.4) is 0 Å². The number of unbranched alkanes of at least 4 members (excludes halogenated alkanes) is 1. The summed E-state index contributed by atoms with van der Waals surface area (Å²) in [5.74, 6) is 4.73. The average Bonchev–Trinajstić information content (AvgIpc) is 2.88. The first kappa shape index (κ1) is 10.5. The molecule has 16 heavy (non-hydrogen) atoms. The molecule has 0 bridgehead atoms. The van der Waals surface area contributed by atoms with Gasteiger partial charge in [-0.1, -0.05) is 12.8 Å². The molecule has 0 saturated carbocycles. The summed E-state index contributed by atoms with van der Waals surface area (Å²) in [6, 6.07) is 3.09. The summed E-state index contributed by atoms with van der Waals surface area (Å²) in [5, 5.41) is 0. The largest absolute Gasteiger partial charge is 0.332 e. The Balaban J connectivity index is 2.23. The van der Waals surface area contributed by atoms with Gasteiger partial charge in [0.25, 0.3) is 0 Å². The van der Waals surface area contributed by atoms with Gasteiger partial charge in [-0.25, -0.2) is 9.98 Å². The first-order chi connectivity index (χ1) is 7.83. The highest BCUT2D eigenvalue weighted by atomic mass is 15.4. The fraction of sp³-hybridized carbons (Fsp3) is 0.333. The van der Waals surface area contributed by atoms with E-state index in [4.69, 9.17) is 0 Å². The molecule has 4 nitrogen and oxygen atoms in total. The molecule has 4 heteroatoms. The maximum absolute atomic E-state index is 4.19. The zero-order valence-electron chi connectivity index (χ0n) is 9.51. The predicted octanol–water partition coefficient (Wildman–Crippen LogP) is 1.75. The lowest BCUT2D eigenvalue weighted by atomic mass is 10.3. The Labute approximate surface area is 95.7 Å². The maximum Gasteiger partial charge on any atom is 0.195 e. The van der Waals surface area contributed by atoms with Crippen molar-refractivity contribution in [2.75, 3.05) is 7.05 Å². The molecule has 0 amide bonds. The quantitative estimate of drug-likeness (QED) is 0.623.